The Morgan fingerprint density at radius 3 is 2.68 bits per heavy atom. The van der Waals surface area contributed by atoms with Crippen molar-refractivity contribution in [3.63, 3.8) is 0 Å². The Morgan fingerprint density at radius 2 is 1.93 bits per heavy atom. The topological polar surface area (TPSA) is 118 Å². The van der Waals surface area contributed by atoms with Crippen molar-refractivity contribution in [3.05, 3.63) is 59.9 Å². The average Bonchev–Trinajstić information content (AvgIpc) is 3.41. The molecule has 2 aromatic carbocycles. The lowest BCUT2D eigenvalue weighted by molar-refractivity contribution is -0.133. The number of nitrogens with one attached hydrogen (secondary N) is 2. The van der Waals surface area contributed by atoms with Crippen LogP contribution in [0.5, 0.6) is 0 Å². The summed E-state index contributed by atoms with van der Waals surface area (Å²) in [6.45, 7) is 4.70. The maximum Gasteiger partial charge on any atom is 0.319 e. The number of nitrogens with zero attached hydrogens (tertiary/aromatic N) is 6. The van der Waals surface area contributed by atoms with Gasteiger partial charge in [-0.2, -0.15) is 0 Å². The fourth-order valence-electron chi connectivity index (χ4n) is 5.57. The van der Waals surface area contributed by atoms with Gasteiger partial charge in [0.05, 0.1) is 19.3 Å². The molecule has 0 saturated carbocycles. The number of amides is 3. The highest BCUT2D eigenvalue weighted by Gasteiger charge is 2.28. The van der Waals surface area contributed by atoms with Crippen LogP contribution >= 0.6 is 0 Å². The first-order chi connectivity index (χ1) is 19.9. The van der Waals surface area contributed by atoms with Crippen molar-refractivity contribution in [1.82, 2.24) is 35.3 Å². The van der Waals surface area contributed by atoms with Crippen molar-refractivity contribution in [2.75, 3.05) is 51.3 Å². The highest BCUT2D eigenvalue weighted by molar-refractivity contribution is 5.90. The highest BCUT2D eigenvalue weighted by atomic mass is 19.1. The first-order valence-corrected chi connectivity index (χ1v) is 14.2. The zero-order valence-corrected chi connectivity index (χ0v) is 23.3. The third kappa shape index (κ3) is 8.08. The maximum atomic E-state index is 13.5. The van der Waals surface area contributed by atoms with E-state index in [1.165, 1.54) is 12.1 Å². The Balaban J connectivity index is 1.21. The number of morpholine rings is 1. The maximum absolute atomic E-state index is 13.5. The molecule has 3 amide bonds. The number of ether oxygens (including phenoxy) is 1. The van der Waals surface area contributed by atoms with E-state index in [0.29, 0.717) is 50.3 Å². The Kier molecular flexibility index (Phi) is 9.52. The van der Waals surface area contributed by atoms with Crippen molar-refractivity contribution in [3.8, 4) is 11.4 Å². The molecule has 1 aromatic heterocycles. The molecule has 5 rings (SSSR count). The molecule has 218 valence electrons. The first kappa shape index (κ1) is 28.6. The molecule has 0 aliphatic carbocycles. The van der Waals surface area contributed by atoms with E-state index >= 15 is 0 Å². The summed E-state index contributed by atoms with van der Waals surface area (Å²) in [5.74, 6) is 0.698. The fourth-order valence-corrected chi connectivity index (χ4v) is 5.57. The minimum atomic E-state index is -0.378. The van der Waals surface area contributed by atoms with Gasteiger partial charge >= 0.3 is 6.03 Å². The largest absolute Gasteiger partial charge is 0.379 e. The molecule has 0 unspecified atom stereocenters. The summed E-state index contributed by atoms with van der Waals surface area (Å²) in [6, 6.07) is 13.2. The Bertz CT molecular complexity index is 1310. The number of aromatic nitrogens is 4. The summed E-state index contributed by atoms with van der Waals surface area (Å²) in [5.41, 5.74) is 2.45. The molecule has 12 heteroatoms. The van der Waals surface area contributed by atoms with E-state index in [4.69, 9.17) is 4.74 Å². The average molecular weight is 565 g/mol. The number of urea groups is 1. The number of carbonyl (C=O) groups is 2. The van der Waals surface area contributed by atoms with Gasteiger partial charge in [0.1, 0.15) is 5.82 Å². The molecule has 2 fully saturated rings. The fraction of sp³-hybridized carbons (Fsp3) is 0.483. The zero-order valence-electron chi connectivity index (χ0n) is 23.3. The van der Waals surface area contributed by atoms with Gasteiger partial charge in [-0.25, -0.2) is 13.9 Å². The number of likely N-dealkylation sites (tertiary alicyclic amines) is 1. The third-order valence-corrected chi connectivity index (χ3v) is 7.65. The molecule has 2 saturated heterocycles. The molecule has 41 heavy (non-hydrogen) atoms. The zero-order chi connectivity index (χ0) is 28.6. The first-order valence-electron chi connectivity index (χ1n) is 14.2. The van der Waals surface area contributed by atoms with Crippen LogP contribution in [0.2, 0.25) is 0 Å². The summed E-state index contributed by atoms with van der Waals surface area (Å²) < 4.78 is 20.4. The van der Waals surface area contributed by atoms with Crippen molar-refractivity contribution in [1.29, 1.82) is 0 Å². The standard InChI is InChI=1S/C29H37FN8O3/c1-36-28(33-34-35-36)23-5-2-6-25(17-23)31-29(40)32-26(20-37-12-14-41-15-13-37)18-27(39)38-11-3-4-22(19-38)16-21-7-9-24(30)10-8-21/h2,5-10,17,22,26H,3-4,11-16,18-20H2,1H3,(H2,31,32,40)/t22-,26-/m0/s1. The van der Waals surface area contributed by atoms with E-state index in [1.807, 2.05) is 35.2 Å². The van der Waals surface area contributed by atoms with E-state index in [2.05, 4.69) is 31.1 Å². The number of halogens is 1. The number of tetrazole rings is 1. The molecular formula is C29H37FN8O3. The minimum absolute atomic E-state index is 0.0316. The molecule has 2 aliphatic heterocycles. The van der Waals surface area contributed by atoms with Crippen LogP contribution in [0, 0.1) is 11.7 Å². The second kappa shape index (κ2) is 13.6. The van der Waals surface area contributed by atoms with Gasteiger partial charge in [0.2, 0.25) is 5.91 Å². The number of hydrogen-bond donors (Lipinski definition) is 2. The van der Waals surface area contributed by atoms with Crippen LogP contribution in [0.3, 0.4) is 0 Å². The second-order valence-corrected chi connectivity index (χ2v) is 10.8. The molecule has 0 radical (unpaired) electrons. The van der Waals surface area contributed by atoms with Crippen molar-refractivity contribution < 1.29 is 18.7 Å². The van der Waals surface area contributed by atoms with Gasteiger partial charge in [-0.05, 0) is 65.4 Å². The van der Waals surface area contributed by atoms with E-state index in [9.17, 15) is 14.0 Å². The van der Waals surface area contributed by atoms with Crippen LogP contribution in [-0.2, 0) is 23.0 Å². The molecule has 0 spiro atoms. The Morgan fingerprint density at radius 1 is 1.12 bits per heavy atom. The van der Waals surface area contributed by atoms with Gasteiger partial charge in [0.25, 0.3) is 0 Å². The van der Waals surface area contributed by atoms with Gasteiger partial charge in [-0.3, -0.25) is 9.69 Å². The quantitative estimate of drug-likeness (QED) is 0.410. The predicted molar refractivity (Wildman–Crippen MR) is 151 cm³/mol. The summed E-state index contributed by atoms with van der Waals surface area (Å²) in [7, 11) is 1.75. The van der Waals surface area contributed by atoms with Gasteiger partial charge in [-0.1, -0.05) is 24.3 Å². The van der Waals surface area contributed by atoms with Gasteiger partial charge in [-0.15, -0.1) is 5.10 Å². The number of benzene rings is 2. The Hall–Kier alpha value is -3.90. The lowest BCUT2D eigenvalue weighted by Gasteiger charge is -2.35. The molecule has 2 aliphatic rings. The van der Waals surface area contributed by atoms with E-state index in [1.54, 1.807) is 17.8 Å². The number of anilines is 1. The summed E-state index contributed by atoms with van der Waals surface area (Å²) in [4.78, 5) is 30.7. The van der Waals surface area contributed by atoms with E-state index in [0.717, 1.165) is 43.5 Å². The van der Waals surface area contributed by atoms with Crippen LogP contribution in [0.25, 0.3) is 11.4 Å². The van der Waals surface area contributed by atoms with E-state index in [-0.39, 0.29) is 30.2 Å². The minimum Gasteiger partial charge on any atom is -0.379 e. The lowest BCUT2D eigenvalue weighted by atomic mass is 9.91. The van der Waals surface area contributed by atoms with Crippen LogP contribution in [0.1, 0.15) is 24.8 Å². The summed E-state index contributed by atoms with van der Waals surface area (Å²) in [6.07, 6.45) is 2.98. The Labute approximate surface area is 239 Å². The smallest absolute Gasteiger partial charge is 0.319 e. The molecule has 2 N–H and O–H groups in total. The lowest BCUT2D eigenvalue weighted by Crippen LogP contribution is -2.51. The number of hydrogen-bond acceptors (Lipinski definition) is 7. The van der Waals surface area contributed by atoms with Crippen molar-refractivity contribution >= 4 is 17.6 Å². The molecule has 2 atom stereocenters. The number of carbonyl (C=O) groups excluding carboxylic acids is 2. The van der Waals surface area contributed by atoms with Gasteiger partial charge < -0.3 is 20.3 Å². The van der Waals surface area contributed by atoms with E-state index < -0.39 is 0 Å². The van der Waals surface area contributed by atoms with Crippen LogP contribution < -0.4 is 10.6 Å². The van der Waals surface area contributed by atoms with Crippen molar-refractivity contribution in [2.24, 2.45) is 13.0 Å². The predicted octanol–water partition coefficient (Wildman–Crippen LogP) is 2.71. The molecular weight excluding hydrogens is 527 g/mol. The summed E-state index contributed by atoms with van der Waals surface area (Å²) >= 11 is 0. The molecule has 0 bridgehead atoms. The van der Waals surface area contributed by atoms with Crippen LogP contribution in [-0.4, -0.2) is 93.9 Å². The molecule has 3 aromatic rings. The number of aryl methyl sites for hydroxylation is 1. The third-order valence-electron chi connectivity index (χ3n) is 7.65. The van der Waals surface area contributed by atoms with Crippen molar-refractivity contribution in [2.45, 2.75) is 31.7 Å². The normalized spacial score (nSPS) is 18.6. The monoisotopic (exact) mass is 564 g/mol. The number of piperidine rings is 1. The van der Waals surface area contributed by atoms with Gasteiger partial charge in [0.15, 0.2) is 5.82 Å². The molecule has 11 nitrogen and oxygen atoms in total. The van der Waals surface area contributed by atoms with Crippen LogP contribution in [0.15, 0.2) is 48.5 Å². The number of rotatable bonds is 9. The van der Waals surface area contributed by atoms with Crippen LogP contribution in [0.4, 0.5) is 14.9 Å². The molecule has 3 heterocycles. The second-order valence-electron chi connectivity index (χ2n) is 10.8. The summed E-state index contributed by atoms with van der Waals surface area (Å²) in [5, 5.41) is 17.5. The highest BCUT2D eigenvalue weighted by Crippen LogP contribution is 2.23. The van der Waals surface area contributed by atoms with Gasteiger partial charge in [0, 0.05) is 57.4 Å². The SMILES string of the molecule is Cn1nnnc1-c1cccc(NC(=O)N[C@@H](CC(=O)N2CCC[C@@H](Cc3ccc(F)cc3)C2)CN2CCOCC2)c1.